The smallest absolute Gasteiger partial charge is 0.271 e. The van der Waals surface area contributed by atoms with Crippen LogP contribution < -0.4 is 5.32 Å². The summed E-state index contributed by atoms with van der Waals surface area (Å²) in [5.41, 5.74) is 0.877. The van der Waals surface area contributed by atoms with Crippen LogP contribution in [0.4, 0.5) is 0 Å². The van der Waals surface area contributed by atoms with Gasteiger partial charge in [0.2, 0.25) is 0 Å². The molecule has 0 spiro atoms. The van der Waals surface area contributed by atoms with Gasteiger partial charge in [-0.15, -0.1) is 0 Å². The Morgan fingerprint density at radius 3 is 3.18 bits per heavy atom. The van der Waals surface area contributed by atoms with E-state index in [9.17, 15) is 4.79 Å². The molecule has 0 bridgehead atoms. The van der Waals surface area contributed by atoms with Crippen LogP contribution >= 0.6 is 11.6 Å². The minimum Gasteiger partial charge on any atom is -0.383 e. The zero-order chi connectivity index (χ0) is 12.3. The van der Waals surface area contributed by atoms with Gasteiger partial charge < -0.3 is 10.1 Å². The molecular weight excluding hydrogens is 244 g/mol. The van der Waals surface area contributed by atoms with Gasteiger partial charge >= 0.3 is 0 Å². The molecular formula is C10H11ClN4O2. The van der Waals surface area contributed by atoms with Crippen molar-refractivity contribution in [3.05, 3.63) is 29.2 Å². The van der Waals surface area contributed by atoms with Crippen LogP contribution in [0.15, 0.2) is 18.3 Å². The second-order valence-electron chi connectivity index (χ2n) is 3.33. The molecule has 6 nitrogen and oxygen atoms in total. The molecule has 1 N–H and O–H groups in total. The SMILES string of the molecule is COCCNC(=O)c1cn2nc(Cl)ccc2n1. The van der Waals surface area contributed by atoms with Crippen molar-refractivity contribution in [1.29, 1.82) is 0 Å². The van der Waals surface area contributed by atoms with Crippen LogP contribution in [0.1, 0.15) is 10.5 Å². The Labute approximate surface area is 103 Å². The lowest BCUT2D eigenvalue weighted by Crippen LogP contribution is -2.27. The molecule has 2 aromatic rings. The monoisotopic (exact) mass is 254 g/mol. The molecule has 0 aliphatic carbocycles. The van der Waals surface area contributed by atoms with E-state index < -0.39 is 0 Å². The third-order valence-electron chi connectivity index (χ3n) is 2.11. The number of carbonyl (C=O) groups excluding carboxylic acids is 1. The molecule has 0 unspecified atom stereocenters. The number of methoxy groups -OCH3 is 1. The molecule has 0 aliphatic heterocycles. The van der Waals surface area contributed by atoms with E-state index >= 15 is 0 Å². The van der Waals surface area contributed by atoms with Crippen LogP contribution in [-0.4, -0.2) is 40.8 Å². The number of imidazole rings is 1. The quantitative estimate of drug-likeness (QED) is 0.818. The lowest BCUT2D eigenvalue weighted by atomic mass is 10.4. The summed E-state index contributed by atoms with van der Waals surface area (Å²) in [6.07, 6.45) is 1.53. The van der Waals surface area contributed by atoms with Crippen molar-refractivity contribution >= 4 is 23.2 Å². The fraction of sp³-hybridized carbons (Fsp3) is 0.300. The average Bonchev–Trinajstić information content (AvgIpc) is 2.72. The molecule has 0 aliphatic rings. The van der Waals surface area contributed by atoms with Crippen LogP contribution in [-0.2, 0) is 4.74 Å². The normalized spacial score (nSPS) is 10.7. The minimum atomic E-state index is -0.260. The summed E-state index contributed by atoms with van der Waals surface area (Å²) in [5, 5.41) is 7.01. The van der Waals surface area contributed by atoms with Gasteiger partial charge in [0.05, 0.1) is 12.8 Å². The van der Waals surface area contributed by atoms with Gasteiger partial charge in [-0.05, 0) is 12.1 Å². The first-order chi connectivity index (χ1) is 8.20. The highest BCUT2D eigenvalue weighted by Crippen LogP contribution is 2.07. The Kier molecular flexibility index (Phi) is 3.55. The Bertz CT molecular complexity index is 540. The number of rotatable bonds is 4. The summed E-state index contributed by atoms with van der Waals surface area (Å²) in [7, 11) is 1.57. The summed E-state index contributed by atoms with van der Waals surface area (Å²) in [4.78, 5) is 15.8. The largest absolute Gasteiger partial charge is 0.383 e. The minimum absolute atomic E-state index is 0.260. The van der Waals surface area contributed by atoms with Crippen LogP contribution in [0, 0.1) is 0 Å². The van der Waals surface area contributed by atoms with Crippen molar-refractivity contribution < 1.29 is 9.53 Å². The molecule has 17 heavy (non-hydrogen) atoms. The van der Waals surface area contributed by atoms with Crippen molar-refractivity contribution in [1.82, 2.24) is 19.9 Å². The van der Waals surface area contributed by atoms with Gasteiger partial charge in [-0.1, -0.05) is 11.6 Å². The lowest BCUT2D eigenvalue weighted by Gasteiger charge is -2.00. The third-order valence-corrected chi connectivity index (χ3v) is 2.31. The van der Waals surface area contributed by atoms with E-state index in [0.29, 0.717) is 29.6 Å². The molecule has 0 saturated heterocycles. The molecule has 7 heteroatoms. The number of carbonyl (C=O) groups is 1. The predicted molar refractivity (Wildman–Crippen MR) is 62.2 cm³/mol. The first kappa shape index (κ1) is 11.8. The zero-order valence-corrected chi connectivity index (χ0v) is 9.94. The molecule has 0 saturated carbocycles. The molecule has 0 radical (unpaired) electrons. The number of hydrogen-bond acceptors (Lipinski definition) is 4. The summed E-state index contributed by atoms with van der Waals surface area (Å²) in [6, 6.07) is 3.32. The van der Waals surface area contributed by atoms with Gasteiger partial charge in [0.15, 0.2) is 5.65 Å². The number of aromatic nitrogens is 3. The summed E-state index contributed by atoms with van der Waals surface area (Å²) in [6.45, 7) is 0.903. The first-order valence-corrected chi connectivity index (χ1v) is 5.37. The van der Waals surface area contributed by atoms with Crippen LogP contribution in [0.5, 0.6) is 0 Å². The number of hydrogen-bond donors (Lipinski definition) is 1. The van der Waals surface area contributed by atoms with E-state index in [0.717, 1.165) is 0 Å². The van der Waals surface area contributed by atoms with E-state index in [1.165, 1.54) is 10.7 Å². The number of nitrogens with one attached hydrogen (secondary N) is 1. The maximum Gasteiger partial charge on any atom is 0.271 e. The maximum absolute atomic E-state index is 11.7. The van der Waals surface area contributed by atoms with E-state index in [4.69, 9.17) is 16.3 Å². The molecule has 90 valence electrons. The molecule has 0 fully saturated rings. The van der Waals surface area contributed by atoms with E-state index in [2.05, 4.69) is 15.4 Å². The standard InChI is InChI=1S/C10H11ClN4O2/c1-17-5-4-12-10(16)7-6-15-9(13-7)3-2-8(11)14-15/h2-3,6H,4-5H2,1H3,(H,12,16). The first-order valence-electron chi connectivity index (χ1n) is 5.00. The van der Waals surface area contributed by atoms with Crippen molar-refractivity contribution in [3.63, 3.8) is 0 Å². The number of amides is 1. The van der Waals surface area contributed by atoms with E-state index in [-0.39, 0.29) is 5.91 Å². The summed E-state index contributed by atoms with van der Waals surface area (Å²) < 4.78 is 6.30. The number of halogens is 1. The highest BCUT2D eigenvalue weighted by molar-refractivity contribution is 6.29. The second-order valence-corrected chi connectivity index (χ2v) is 3.72. The van der Waals surface area contributed by atoms with Crippen LogP contribution in [0.3, 0.4) is 0 Å². The van der Waals surface area contributed by atoms with Gasteiger partial charge in [0.25, 0.3) is 5.91 Å². The predicted octanol–water partition coefficient (Wildman–Crippen LogP) is 0.759. The molecule has 0 atom stereocenters. The highest BCUT2D eigenvalue weighted by Gasteiger charge is 2.10. The average molecular weight is 255 g/mol. The maximum atomic E-state index is 11.7. The summed E-state index contributed by atoms with van der Waals surface area (Å²) in [5.74, 6) is -0.260. The van der Waals surface area contributed by atoms with Gasteiger partial charge in [0, 0.05) is 13.7 Å². The van der Waals surface area contributed by atoms with Crippen molar-refractivity contribution in [2.75, 3.05) is 20.3 Å². The Morgan fingerprint density at radius 1 is 1.59 bits per heavy atom. The van der Waals surface area contributed by atoms with Gasteiger partial charge in [-0.3, -0.25) is 4.79 Å². The van der Waals surface area contributed by atoms with Crippen molar-refractivity contribution in [3.8, 4) is 0 Å². The highest BCUT2D eigenvalue weighted by atomic mass is 35.5. The third kappa shape index (κ3) is 2.72. The Balaban J connectivity index is 2.15. The fourth-order valence-corrected chi connectivity index (χ4v) is 1.47. The zero-order valence-electron chi connectivity index (χ0n) is 9.18. The second kappa shape index (κ2) is 5.11. The van der Waals surface area contributed by atoms with Gasteiger partial charge in [0.1, 0.15) is 10.8 Å². The summed E-state index contributed by atoms with van der Waals surface area (Å²) >= 11 is 5.73. The van der Waals surface area contributed by atoms with Gasteiger partial charge in [-0.25, -0.2) is 9.50 Å². The molecule has 2 aromatic heterocycles. The number of ether oxygens (including phenoxy) is 1. The van der Waals surface area contributed by atoms with Crippen LogP contribution in [0.2, 0.25) is 5.15 Å². The molecule has 2 heterocycles. The molecule has 2 rings (SSSR count). The van der Waals surface area contributed by atoms with Crippen LogP contribution in [0.25, 0.3) is 5.65 Å². The Morgan fingerprint density at radius 2 is 2.41 bits per heavy atom. The lowest BCUT2D eigenvalue weighted by molar-refractivity contribution is 0.0932. The van der Waals surface area contributed by atoms with Crippen molar-refractivity contribution in [2.24, 2.45) is 0 Å². The number of nitrogens with zero attached hydrogens (tertiary/aromatic N) is 3. The van der Waals surface area contributed by atoms with E-state index in [1.54, 1.807) is 19.2 Å². The molecule has 1 amide bonds. The van der Waals surface area contributed by atoms with E-state index in [1.807, 2.05) is 0 Å². The fourth-order valence-electron chi connectivity index (χ4n) is 1.33. The molecule has 0 aromatic carbocycles. The topological polar surface area (TPSA) is 68.5 Å². The Hall–Kier alpha value is -1.66. The van der Waals surface area contributed by atoms with Crippen molar-refractivity contribution in [2.45, 2.75) is 0 Å². The van der Waals surface area contributed by atoms with Gasteiger partial charge in [-0.2, -0.15) is 5.10 Å². The number of fused-ring (bicyclic) bond motifs is 1.